The summed E-state index contributed by atoms with van der Waals surface area (Å²) in [5, 5.41) is 3.47. The smallest absolute Gasteiger partial charge is 0.307 e. The number of nitrogens with one attached hydrogen (secondary N) is 1. The van der Waals surface area contributed by atoms with E-state index in [0.29, 0.717) is 18.5 Å². The van der Waals surface area contributed by atoms with Crippen molar-refractivity contribution >= 4 is 5.97 Å². The Morgan fingerprint density at radius 3 is 2.78 bits per heavy atom. The van der Waals surface area contributed by atoms with Crippen LogP contribution in [0.25, 0.3) is 0 Å². The molecule has 1 saturated carbocycles. The third kappa shape index (κ3) is 3.95. The van der Waals surface area contributed by atoms with Crippen LogP contribution >= 0.6 is 0 Å². The van der Waals surface area contributed by atoms with Gasteiger partial charge in [0.25, 0.3) is 0 Å². The van der Waals surface area contributed by atoms with Crippen molar-refractivity contribution in [2.75, 3.05) is 26.7 Å². The summed E-state index contributed by atoms with van der Waals surface area (Å²) in [6, 6.07) is 1.03. The highest BCUT2D eigenvalue weighted by atomic mass is 16.5. The SMILES string of the molecule is COC(=O)CC(C)N(CC1CCCNC1)C1CC1. The largest absolute Gasteiger partial charge is 0.469 e. The topological polar surface area (TPSA) is 41.6 Å². The first-order valence-electron chi connectivity index (χ1n) is 7.24. The summed E-state index contributed by atoms with van der Waals surface area (Å²) in [5.41, 5.74) is 0. The standard InChI is InChI=1S/C14H26N2O2/c1-11(8-14(17)18-2)16(13-5-6-13)10-12-4-3-7-15-9-12/h11-13,15H,3-10H2,1-2H3. The number of rotatable bonds is 6. The molecule has 2 rings (SSSR count). The van der Waals surface area contributed by atoms with Gasteiger partial charge in [0.2, 0.25) is 0 Å². The molecule has 1 saturated heterocycles. The molecule has 1 aliphatic heterocycles. The van der Waals surface area contributed by atoms with Crippen LogP contribution < -0.4 is 5.32 Å². The maximum absolute atomic E-state index is 11.4. The van der Waals surface area contributed by atoms with Crippen molar-refractivity contribution in [3.8, 4) is 0 Å². The molecule has 2 unspecified atom stereocenters. The van der Waals surface area contributed by atoms with Crippen molar-refractivity contribution in [2.24, 2.45) is 5.92 Å². The third-order valence-electron chi connectivity index (χ3n) is 4.14. The van der Waals surface area contributed by atoms with Crippen molar-refractivity contribution < 1.29 is 9.53 Å². The Balaban J connectivity index is 1.84. The van der Waals surface area contributed by atoms with E-state index in [9.17, 15) is 4.79 Å². The van der Waals surface area contributed by atoms with Gasteiger partial charge in [-0.15, -0.1) is 0 Å². The molecule has 0 bridgehead atoms. The van der Waals surface area contributed by atoms with Gasteiger partial charge in [-0.1, -0.05) is 0 Å². The second-order valence-electron chi connectivity index (χ2n) is 5.77. The van der Waals surface area contributed by atoms with Crippen molar-refractivity contribution in [3.63, 3.8) is 0 Å². The molecule has 4 nitrogen and oxygen atoms in total. The number of ether oxygens (including phenoxy) is 1. The van der Waals surface area contributed by atoms with Gasteiger partial charge < -0.3 is 10.1 Å². The predicted octanol–water partition coefficient (Wildman–Crippen LogP) is 1.40. The van der Waals surface area contributed by atoms with Gasteiger partial charge in [0.15, 0.2) is 0 Å². The maximum Gasteiger partial charge on any atom is 0.307 e. The highest BCUT2D eigenvalue weighted by Gasteiger charge is 2.34. The Morgan fingerprint density at radius 1 is 1.44 bits per heavy atom. The van der Waals surface area contributed by atoms with Crippen LogP contribution in [0.2, 0.25) is 0 Å². The van der Waals surface area contributed by atoms with Gasteiger partial charge in [-0.05, 0) is 51.6 Å². The Morgan fingerprint density at radius 2 is 2.22 bits per heavy atom. The molecule has 1 aliphatic carbocycles. The number of piperidine rings is 1. The number of esters is 1. The number of carbonyl (C=O) groups excluding carboxylic acids is 1. The van der Waals surface area contributed by atoms with E-state index in [1.807, 2.05) is 0 Å². The number of hydrogen-bond acceptors (Lipinski definition) is 4. The van der Waals surface area contributed by atoms with Crippen LogP contribution in [0.3, 0.4) is 0 Å². The average molecular weight is 254 g/mol. The highest BCUT2D eigenvalue weighted by Crippen LogP contribution is 2.31. The van der Waals surface area contributed by atoms with E-state index in [-0.39, 0.29) is 5.97 Å². The van der Waals surface area contributed by atoms with E-state index in [4.69, 9.17) is 4.74 Å². The van der Waals surface area contributed by atoms with Crippen LogP contribution in [-0.2, 0) is 9.53 Å². The summed E-state index contributed by atoms with van der Waals surface area (Å²) >= 11 is 0. The van der Waals surface area contributed by atoms with Crippen LogP contribution in [0.15, 0.2) is 0 Å². The summed E-state index contributed by atoms with van der Waals surface area (Å²) in [4.78, 5) is 13.9. The first-order valence-corrected chi connectivity index (χ1v) is 7.24. The molecule has 0 spiro atoms. The fraction of sp³-hybridized carbons (Fsp3) is 0.929. The van der Waals surface area contributed by atoms with E-state index in [1.54, 1.807) is 0 Å². The molecule has 0 aromatic heterocycles. The lowest BCUT2D eigenvalue weighted by Crippen LogP contribution is -2.44. The van der Waals surface area contributed by atoms with Gasteiger partial charge >= 0.3 is 5.97 Å². The molecular weight excluding hydrogens is 228 g/mol. The second kappa shape index (κ2) is 6.53. The minimum absolute atomic E-state index is 0.0880. The average Bonchev–Trinajstić information content (AvgIpc) is 3.21. The normalized spacial score (nSPS) is 26.1. The van der Waals surface area contributed by atoms with Crippen molar-refractivity contribution in [1.82, 2.24) is 10.2 Å². The van der Waals surface area contributed by atoms with Crippen molar-refractivity contribution in [3.05, 3.63) is 0 Å². The van der Waals surface area contributed by atoms with Crippen molar-refractivity contribution in [2.45, 2.75) is 51.1 Å². The van der Waals surface area contributed by atoms with Crippen molar-refractivity contribution in [1.29, 1.82) is 0 Å². The zero-order chi connectivity index (χ0) is 13.0. The molecule has 0 aromatic rings. The first kappa shape index (κ1) is 13.8. The molecular formula is C14H26N2O2. The fourth-order valence-corrected chi connectivity index (χ4v) is 2.91. The number of hydrogen-bond donors (Lipinski definition) is 1. The molecule has 2 atom stereocenters. The zero-order valence-electron chi connectivity index (χ0n) is 11.7. The summed E-state index contributed by atoms with van der Waals surface area (Å²) in [7, 11) is 1.47. The Labute approximate surface area is 110 Å². The molecule has 4 heteroatoms. The lowest BCUT2D eigenvalue weighted by molar-refractivity contribution is -0.142. The van der Waals surface area contributed by atoms with Crippen LogP contribution in [-0.4, -0.2) is 49.7 Å². The van der Waals surface area contributed by atoms with Crippen LogP contribution in [0.4, 0.5) is 0 Å². The second-order valence-corrected chi connectivity index (χ2v) is 5.77. The van der Waals surface area contributed by atoms with Gasteiger partial charge in [-0.25, -0.2) is 0 Å². The summed E-state index contributed by atoms with van der Waals surface area (Å²) < 4.78 is 4.78. The fourth-order valence-electron chi connectivity index (χ4n) is 2.91. The molecule has 0 amide bonds. The third-order valence-corrected chi connectivity index (χ3v) is 4.14. The van der Waals surface area contributed by atoms with E-state index in [0.717, 1.165) is 25.6 Å². The molecule has 2 aliphatic rings. The van der Waals surface area contributed by atoms with Crippen LogP contribution in [0.1, 0.15) is 39.0 Å². The van der Waals surface area contributed by atoms with Gasteiger partial charge in [0, 0.05) is 18.6 Å². The minimum Gasteiger partial charge on any atom is -0.469 e. The molecule has 0 radical (unpaired) electrons. The van der Waals surface area contributed by atoms with Gasteiger partial charge in [-0.3, -0.25) is 9.69 Å². The van der Waals surface area contributed by atoms with E-state index in [2.05, 4.69) is 17.1 Å². The number of carbonyl (C=O) groups is 1. The maximum atomic E-state index is 11.4. The van der Waals surface area contributed by atoms with Gasteiger partial charge in [0.1, 0.15) is 0 Å². The lowest BCUT2D eigenvalue weighted by Gasteiger charge is -2.34. The Kier molecular flexibility index (Phi) is 5.01. The summed E-state index contributed by atoms with van der Waals surface area (Å²) in [6.45, 7) is 5.59. The van der Waals surface area contributed by atoms with Gasteiger partial charge in [-0.2, -0.15) is 0 Å². The Bertz CT molecular complexity index is 273. The van der Waals surface area contributed by atoms with Crippen LogP contribution in [0.5, 0.6) is 0 Å². The summed E-state index contributed by atoms with van der Waals surface area (Å²) in [5.74, 6) is 0.661. The molecule has 1 N–H and O–H groups in total. The monoisotopic (exact) mass is 254 g/mol. The molecule has 104 valence electrons. The minimum atomic E-state index is -0.0880. The quantitative estimate of drug-likeness (QED) is 0.728. The molecule has 1 heterocycles. The lowest BCUT2D eigenvalue weighted by atomic mass is 9.98. The molecule has 2 fully saturated rings. The number of methoxy groups -OCH3 is 1. The van der Waals surface area contributed by atoms with Gasteiger partial charge in [0.05, 0.1) is 13.5 Å². The predicted molar refractivity (Wildman–Crippen MR) is 71.4 cm³/mol. The molecule has 0 aromatic carbocycles. The summed E-state index contributed by atoms with van der Waals surface area (Å²) in [6.07, 6.45) is 5.72. The Hall–Kier alpha value is -0.610. The zero-order valence-corrected chi connectivity index (χ0v) is 11.7. The van der Waals surface area contributed by atoms with E-state index in [1.165, 1.54) is 32.8 Å². The number of nitrogens with zero attached hydrogens (tertiary/aromatic N) is 1. The first-order chi connectivity index (χ1) is 8.70. The van der Waals surface area contributed by atoms with Crippen LogP contribution in [0, 0.1) is 5.92 Å². The highest BCUT2D eigenvalue weighted by molar-refractivity contribution is 5.69. The van der Waals surface area contributed by atoms with E-state index >= 15 is 0 Å². The molecule has 18 heavy (non-hydrogen) atoms. The van der Waals surface area contributed by atoms with E-state index < -0.39 is 0 Å².